The minimum Gasteiger partial charge on any atom is -0.495 e. The summed E-state index contributed by atoms with van der Waals surface area (Å²) in [6.07, 6.45) is 3.54. The molecular formula is C25H38N4O6. The van der Waals surface area contributed by atoms with Crippen LogP contribution in [-0.2, 0) is 19.1 Å². The van der Waals surface area contributed by atoms with Crippen LogP contribution in [0.4, 0.5) is 5.69 Å². The molecule has 1 aliphatic heterocycles. The van der Waals surface area contributed by atoms with Gasteiger partial charge in [-0.05, 0) is 49.3 Å². The van der Waals surface area contributed by atoms with E-state index in [1.165, 1.54) is 7.11 Å². The molecule has 3 amide bonds. The summed E-state index contributed by atoms with van der Waals surface area (Å²) < 4.78 is 10.6. The van der Waals surface area contributed by atoms with E-state index >= 15 is 0 Å². The molecule has 0 saturated carbocycles. The Kier molecular flexibility index (Phi) is 10.5. The van der Waals surface area contributed by atoms with Crippen molar-refractivity contribution in [1.29, 1.82) is 0 Å². The molecule has 2 atom stereocenters. The van der Waals surface area contributed by atoms with E-state index in [1.807, 2.05) is 20.8 Å². The van der Waals surface area contributed by atoms with Gasteiger partial charge in [0, 0.05) is 25.3 Å². The first kappa shape index (κ1) is 28.1. The Labute approximate surface area is 206 Å². The van der Waals surface area contributed by atoms with Crippen LogP contribution in [0, 0.1) is 5.41 Å². The minimum atomic E-state index is -0.749. The predicted molar refractivity (Wildman–Crippen MR) is 132 cm³/mol. The molecule has 35 heavy (non-hydrogen) atoms. The number of aldehydes is 1. The molecule has 1 fully saturated rings. The summed E-state index contributed by atoms with van der Waals surface area (Å²) in [5.74, 6) is -0.402. The fraction of sp³-hybridized carbons (Fsp3) is 0.600. The maximum atomic E-state index is 13.0. The summed E-state index contributed by atoms with van der Waals surface area (Å²) >= 11 is 0. The van der Waals surface area contributed by atoms with Crippen molar-refractivity contribution in [3.63, 3.8) is 0 Å². The molecule has 10 nitrogen and oxygen atoms in total. The number of carbonyl (C=O) groups excluding carboxylic acids is 4. The number of anilines is 1. The van der Waals surface area contributed by atoms with Crippen molar-refractivity contribution < 1.29 is 28.7 Å². The maximum Gasteiger partial charge on any atom is 0.251 e. The highest BCUT2D eigenvalue weighted by atomic mass is 16.5. The molecule has 1 aromatic rings. The van der Waals surface area contributed by atoms with Crippen LogP contribution >= 0.6 is 0 Å². The fourth-order valence-corrected chi connectivity index (χ4v) is 3.88. The van der Waals surface area contributed by atoms with Gasteiger partial charge >= 0.3 is 0 Å². The number of benzene rings is 1. The summed E-state index contributed by atoms with van der Waals surface area (Å²) in [7, 11) is 1.49. The zero-order valence-corrected chi connectivity index (χ0v) is 21.1. The zero-order chi connectivity index (χ0) is 26.0. The second-order valence-electron chi connectivity index (χ2n) is 9.72. The van der Waals surface area contributed by atoms with E-state index in [4.69, 9.17) is 15.2 Å². The number of methoxy groups -OCH3 is 1. The molecule has 0 aliphatic carbocycles. The third-order valence-electron chi connectivity index (χ3n) is 5.89. The zero-order valence-electron chi connectivity index (χ0n) is 21.1. The monoisotopic (exact) mass is 490 g/mol. The molecule has 0 aromatic heterocycles. The SMILES string of the molecule is COc1cc(C(=O)NCCCCOCC(=O)NC(C(=O)N2CCC[C@H]2C=O)C(C)(C)C)ccc1N. The van der Waals surface area contributed by atoms with Crippen LogP contribution in [0.2, 0.25) is 0 Å². The van der Waals surface area contributed by atoms with Gasteiger partial charge < -0.3 is 35.5 Å². The summed E-state index contributed by atoms with van der Waals surface area (Å²) in [6, 6.07) is 3.67. The van der Waals surface area contributed by atoms with Gasteiger partial charge in [0.15, 0.2) is 0 Å². The molecule has 0 radical (unpaired) electrons. The lowest BCUT2D eigenvalue weighted by Crippen LogP contribution is -2.56. The van der Waals surface area contributed by atoms with E-state index in [0.717, 1.165) is 12.7 Å². The van der Waals surface area contributed by atoms with Crippen molar-refractivity contribution in [3.05, 3.63) is 23.8 Å². The number of unbranched alkanes of at least 4 members (excludes halogenated alkanes) is 1. The molecule has 1 aromatic carbocycles. The molecule has 0 bridgehead atoms. The van der Waals surface area contributed by atoms with E-state index < -0.39 is 17.5 Å². The number of nitrogens with two attached hydrogens (primary N) is 1. The Bertz CT molecular complexity index is 898. The number of nitrogen functional groups attached to an aromatic ring is 1. The Balaban J connectivity index is 1.70. The van der Waals surface area contributed by atoms with Crippen LogP contribution in [0.15, 0.2) is 18.2 Å². The Hall–Kier alpha value is -3.14. The first-order valence-corrected chi connectivity index (χ1v) is 11.9. The number of ether oxygens (including phenoxy) is 2. The van der Waals surface area contributed by atoms with Gasteiger partial charge in [0.05, 0.1) is 18.8 Å². The maximum absolute atomic E-state index is 13.0. The number of hydrogen-bond acceptors (Lipinski definition) is 7. The van der Waals surface area contributed by atoms with Crippen LogP contribution in [0.1, 0.15) is 56.8 Å². The molecule has 194 valence electrons. The van der Waals surface area contributed by atoms with Gasteiger partial charge in [0.2, 0.25) is 11.8 Å². The number of nitrogens with one attached hydrogen (secondary N) is 2. The van der Waals surface area contributed by atoms with Gasteiger partial charge in [-0.3, -0.25) is 14.4 Å². The topological polar surface area (TPSA) is 140 Å². The molecular weight excluding hydrogens is 452 g/mol. The average Bonchev–Trinajstić information content (AvgIpc) is 3.30. The van der Waals surface area contributed by atoms with E-state index in [-0.39, 0.29) is 24.3 Å². The van der Waals surface area contributed by atoms with Crippen LogP contribution in [-0.4, -0.2) is 74.4 Å². The van der Waals surface area contributed by atoms with Crippen molar-refractivity contribution >= 4 is 29.7 Å². The largest absolute Gasteiger partial charge is 0.495 e. The lowest BCUT2D eigenvalue weighted by atomic mass is 9.85. The molecule has 1 unspecified atom stereocenters. The molecule has 1 aliphatic rings. The Morgan fingerprint density at radius 2 is 2.00 bits per heavy atom. The van der Waals surface area contributed by atoms with Gasteiger partial charge in [-0.1, -0.05) is 20.8 Å². The number of nitrogens with zero attached hydrogens (tertiary/aromatic N) is 1. The third kappa shape index (κ3) is 8.24. The third-order valence-corrected chi connectivity index (χ3v) is 5.89. The van der Waals surface area contributed by atoms with Gasteiger partial charge in [0.25, 0.3) is 5.91 Å². The van der Waals surface area contributed by atoms with Crippen LogP contribution in [0.3, 0.4) is 0 Å². The quantitative estimate of drug-likeness (QED) is 0.229. The molecule has 1 saturated heterocycles. The lowest BCUT2D eigenvalue weighted by molar-refractivity contribution is -0.142. The lowest BCUT2D eigenvalue weighted by Gasteiger charge is -2.34. The molecule has 0 spiro atoms. The molecule has 1 heterocycles. The first-order chi connectivity index (χ1) is 16.6. The van der Waals surface area contributed by atoms with E-state index in [2.05, 4.69) is 10.6 Å². The van der Waals surface area contributed by atoms with Crippen molar-refractivity contribution in [2.75, 3.05) is 39.1 Å². The van der Waals surface area contributed by atoms with Crippen molar-refractivity contribution in [1.82, 2.24) is 15.5 Å². The Morgan fingerprint density at radius 3 is 2.66 bits per heavy atom. The highest BCUT2D eigenvalue weighted by Gasteiger charge is 2.39. The summed E-state index contributed by atoms with van der Waals surface area (Å²) in [5, 5.41) is 5.60. The van der Waals surface area contributed by atoms with E-state index in [9.17, 15) is 19.2 Å². The second kappa shape index (κ2) is 13.1. The molecule has 4 N–H and O–H groups in total. The van der Waals surface area contributed by atoms with Gasteiger partial charge in [-0.15, -0.1) is 0 Å². The van der Waals surface area contributed by atoms with Gasteiger partial charge in [-0.2, -0.15) is 0 Å². The molecule has 2 rings (SSSR count). The normalized spacial score (nSPS) is 16.5. The second-order valence-corrected chi connectivity index (χ2v) is 9.72. The summed E-state index contributed by atoms with van der Waals surface area (Å²) in [5.41, 5.74) is 6.16. The first-order valence-electron chi connectivity index (χ1n) is 11.9. The number of amides is 3. The molecule has 10 heteroatoms. The standard InChI is InChI=1S/C25H38N4O6/c1-25(2,3)22(24(33)29-12-7-8-18(29)15-30)28-21(31)16-35-13-6-5-11-27-23(32)17-9-10-19(26)20(14-17)34-4/h9-10,14-15,18,22H,5-8,11-13,16,26H2,1-4H3,(H,27,32)(H,28,31)/t18-,22?/m0/s1. The highest BCUT2D eigenvalue weighted by Crippen LogP contribution is 2.25. The summed E-state index contributed by atoms with van der Waals surface area (Å²) in [6.45, 7) is 6.76. The van der Waals surface area contributed by atoms with E-state index in [0.29, 0.717) is 56.0 Å². The predicted octanol–water partition coefficient (Wildman–Crippen LogP) is 1.52. The smallest absolute Gasteiger partial charge is 0.251 e. The van der Waals surface area contributed by atoms with Crippen molar-refractivity contribution in [3.8, 4) is 5.75 Å². The fourth-order valence-electron chi connectivity index (χ4n) is 3.88. The summed E-state index contributed by atoms with van der Waals surface area (Å²) in [4.78, 5) is 50.5. The van der Waals surface area contributed by atoms with Crippen LogP contribution in [0.5, 0.6) is 5.75 Å². The van der Waals surface area contributed by atoms with Crippen molar-refractivity contribution in [2.24, 2.45) is 5.41 Å². The van der Waals surface area contributed by atoms with E-state index in [1.54, 1.807) is 23.1 Å². The number of hydrogen-bond donors (Lipinski definition) is 3. The van der Waals surface area contributed by atoms with Crippen LogP contribution in [0.25, 0.3) is 0 Å². The van der Waals surface area contributed by atoms with Crippen molar-refractivity contribution in [2.45, 2.75) is 58.5 Å². The minimum absolute atomic E-state index is 0.172. The number of likely N-dealkylation sites (tertiary alicyclic amines) is 1. The number of rotatable bonds is 12. The number of carbonyl (C=O) groups is 4. The Morgan fingerprint density at radius 1 is 1.26 bits per heavy atom. The van der Waals surface area contributed by atoms with Gasteiger partial charge in [-0.25, -0.2) is 0 Å². The highest BCUT2D eigenvalue weighted by molar-refractivity contribution is 5.95. The van der Waals surface area contributed by atoms with Gasteiger partial charge in [0.1, 0.15) is 24.7 Å². The average molecular weight is 491 g/mol. The van der Waals surface area contributed by atoms with Crippen LogP contribution < -0.4 is 21.1 Å².